The van der Waals surface area contributed by atoms with Gasteiger partial charge in [0, 0.05) is 38.6 Å². The Kier molecular flexibility index (Phi) is 10.5. The van der Waals surface area contributed by atoms with Gasteiger partial charge < -0.3 is 15.4 Å². The van der Waals surface area contributed by atoms with Gasteiger partial charge in [0.15, 0.2) is 5.71 Å². The van der Waals surface area contributed by atoms with Crippen LogP contribution in [-0.4, -0.2) is 45.9 Å². The molecule has 3 aromatic carbocycles. The van der Waals surface area contributed by atoms with Crippen LogP contribution in [0.4, 0.5) is 34.6 Å². The molecule has 6 rings (SSSR count). The van der Waals surface area contributed by atoms with Crippen molar-refractivity contribution in [3.05, 3.63) is 101 Å². The van der Waals surface area contributed by atoms with Crippen molar-refractivity contribution >= 4 is 52.1 Å². The second kappa shape index (κ2) is 15.3. The van der Waals surface area contributed by atoms with E-state index in [0.717, 1.165) is 52.5 Å². The Morgan fingerprint density at radius 3 is 2.28 bits per heavy atom. The minimum absolute atomic E-state index is 0.310. The summed E-state index contributed by atoms with van der Waals surface area (Å²) < 4.78 is 8.38. The van der Waals surface area contributed by atoms with Gasteiger partial charge in [0.1, 0.15) is 14.1 Å². The first kappa shape index (κ1) is 32.3. The minimum Gasteiger partial charge on any atom is -0.463 e. The maximum Gasteiger partial charge on any atom is 0.323 e. The standard InChI is InChI=1S/C38H44N7OS/c1-5-6-7-8-9-16-23-46-38-42-36(41-37(43-38)45(28-17-12-10-13-18-28)29-19-14-11-15-20-29)40-32-26-35-33(24-27(32)2)39-31-22-21-30(44(3)4)25-34(31)47-35/h10-15,17-22,24,26,39H,5-9,16,23,25H2,1-4H3,(H,40,41,42,43)/q+1. The number of hydrogen-bond acceptors (Lipinski definition) is 8. The summed E-state index contributed by atoms with van der Waals surface area (Å²) in [5, 5.41) is 7.18. The summed E-state index contributed by atoms with van der Waals surface area (Å²) in [7, 11) is 4.19. The van der Waals surface area contributed by atoms with Gasteiger partial charge >= 0.3 is 6.01 Å². The Labute approximate surface area is 282 Å². The number of nitrogens with zero attached hydrogens (tertiary/aromatic N) is 5. The van der Waals surface area contributed by atoms with Gasteiger partial charge in [0.25, 0.3) is 0 Å². The molecule has 2 aliphatic rings. The van der Waals surface area contributed by atoms with Gasteiger partial charge in [0.05, 0.1) is 18.7 Å². The van der Waals surface area contributed by atoms with Crippen molar-refractivity contribution in [3.63, 3.8) is 0 Å². The average Bonchev–Trinajstić information content (AvgIpc) is 3.08. The zero-order valence-electron chi connectivity index (χ0n) is 27.8. The zero-order valence-corrected chi connectivity index (χ0v) is 28.6. The predicted octanol–water partition coefficient (Wildman–Crippen LogP) is 9.53. The van der Waals surface area contributed by atoms with E-state index in [4.69, 9.17) is 19.7 Å². The van der Waals surface area contributed by atoms with Crippen LogP contribution in [0, 0.1) is 6.92 Å². The van der Waals surface area contributed by atoms with E-state index < -0.39 is 0 Å². The fraction of sp³-hybridized carbons (Fsp3) is 0.316. The lowest BCUT2D eigenvalue weighted by Crippen LogP contribution is -2.18. The first-order chi connectivity index (χ1) is 23.0. The van der Waals surface area contributed by atoms with Crippen LogP contribution < -0.4 is 20.3 Å². The third kappa shape index (κ3) is 8.03. The topological polar surface area (TPSA) is 78.2 Å². The number of para-hydroxylation sites is 2. The Balaban J connectivity index is 1.31. The van der Waals surface area contributed by atoms with Gasteiger partial charge in [-0.15, -0.1) is 0 Å². The first-order valence-corrected chi connectivity index (χ1v) is 17.4. The molecular weight excluding hydrogens is 603 g/mol. The molecule has 2 N–H and O–H groups in total. The molecule has 1 aliphatic carbocycles. The fourth-order valence-electron chi connectivity index (χ4n) is 5.65. The van der Waals surface area contributed by atoms with Crippen LogP contribution in [0.2, 0.25) is 0 Å². The summed E-state index contributed by atoms with van der Waals surface area (Å²) in [6.45, 7) is 4.90. The van der Waals surface area contributed by atoms with Crippen LogP contribution in [0.25, 0.3) is 0 Å². The lowest BCUT2D eigenvalue weighted by atomic mass is 10.1. The largest absolute Gasteiger partial charge is 0.463 e. The molecule has 0 unspecified atom stereocenters. The highest BCUT2D eigenvalue weighted by Gasteiger charge is 2.25. The van der Waals surface area contributed by atoms with E-state index in [1.54, 1.807) is 0 Å². The van der Waals surface area contributed by atoms with Crippen molar-refractivity contribution < 1.29 is 9.31 Å². The van der Waals surface area contributed by atoms with Crippen molar-refractivity contribution in [1.82, 2.24) is 15.0 Å². The Hall–Kier alpha value is -4.63. The van der Waals surface area contributed by atoms with Crippen LogP contribution in [0.1, 0.15) is 57.4 Å². The number of anilines is 6. The SMILES string of the molecule is CCCCCCCCOc1nc(Nc2cc3c(cc2C)NC2=C(CC(=[N+](C)C)C=C2)S3)nc(N(c2ccccc2)c2ccccc2)n1. The number of thioether (sulfide) groups is 1. The van der Waals surface area contributed by atoms with Gasteiger partial charge in [-0.1, -0.05) is 87.2 Å². The molecule has 0 atom stereocenters. The minimum atomic E-state index is 0.310. The molecule has 4 aromatic rings. The number of allylic oxidation sites excluding steroid dienone is 3. The van der Waals surface area contributed by atoms with Crippen LogP contribution in [-0.2, 0) is 0 Å². The quantitative estimate of drug-likeness (QED) is 0.110. The Morgan fingerprint density at radius 1 is 0.872 bits per heavy atom. The number of aryl methyl sites for hydroxylation is 1. The summed E-state index contributed by atoms with van der Waals surface area (Å²) in [5.74, 6) is 0.922. The molecule has 0 saturated heterocycles. The lowest BCUT2D eigenvalue weighted by molar-refractivity contribution is -0.464. The number of hydrogen-bond donors (Lipinski definition) is 2. The molecule has 8 nitrogen and oxygen atoms in total. The molecule has 0 radical (unpaired) electrons. The van der Waals surface area contributed by atoms with Crippen molar-refractivity contribution in [3.8, 4) is 6.01 Å². The molecule has 1 aliphatic heterocycles. The van der Waals surface area contributed by atoms with Crippen LogP contribution in [0.5, 0.6) is 6.01 Å². The van der Waals surface area contributed by atoms with Crippen molar-refractivity contribution in [2.24, 2.45) is 0 Å². The van der Waals surface area contributed by atoms with Crippen LogP contribution in [0.15, 0.2) is 100 Å². The molecule has 1 aromatic heterocycles. The second-order valence-corrected chi connectivity index (χ2v) is 13.2. The molecular formula is C38H44N7OS+. The number of ether oxygens (including phenoxy) is 1. The van der Waals surface area contributed by atoms with Crippen molar-refractivity contribution in [1.29, 1.82) is 0 Å². The smallest absolute Gasteiger partial charge is 0.323 e. The summed E-state index contributed by atoms with van der Waals surface area (Å²) in [4.78, 5) is 19.1. The monoisotopic (exact) mass is 646 g/mol. The zero-order chi connectivity index (χ0) is 32.6. The Morgan fingerprint density at radius 2 is 1.57 bits per heavy atom. The average molecular weight is 647 g/mol. The predicted molar refractivity (Wildman–Crippen MR) is 195 cm³/mol. The second-order valence-electron chi connectivity index (χ2n) is 12.1. The normalized spacial score (nSPS) is 13.5. The van der Waals surface area contributed by atoms with Gasteiger partial charge in [-0.05, 0) is 61.4 Å². The lowest BCUT2D eigenvalue weighted by Gasteiger charge is -2.26. The summed E-state index contributed by atoms with van der Waals surface area (Å²) in [6.07, 6.45) is 12.4. The molecule has 2 heterocycles. The molecule has 9 heteroatoms. The van der Waals surface area contributed by atoms with Crippen LogP contribution >= 0.6 is 11.8 Å². The highest BCUT2D eigenvalue weighted by Crippen LogP contribution is 2.45. The van der Waals surface area contributed by atoms with E-state index in [2.05, 4.69) is 91.7 Å². The molecule has 47 heavy (non-hydrogen) atoms. The number of nitrogens with one attached hydrogen (secondary N) is 2. The van der Waals surface area contributed by atoms with Crippen LogP contribution in [0.3, 0.4) is 0 Å². The highest BCUT2D eigenvalue weighted by atomic mass is 32.2. The molecule has 0 spiro atoms. The maximum atomic E-state index is 6.20. The molecule has 0 amide bonds. The van der Waals surface area contributed by atoms with E-state index in [0.29, 0.717) is 24.5 Å². The maximum absolute atomic E-state index is 6.20. The Bertz CT molecular complexity index is 1740. The molecule has 0 fully saturated rings. The number of aromatic nitrogens is 3. The van der Waals surface area contributed by atoms with Crippen molar-refractivity contribution in [2.75, 3.05) is 36.2 Å². The van der Waals surface area contributed by atoms with E-state index in [1.807, 2.05) is 53.1 Å². The van der Waals surface area contributed by atoms with E-state index in [1.165, 1.54) is 42.0 Å². The summed E-state index contributed by atoms with van der Waals surface area (Å²) in [5.41, 5.74) is 7.49. The highest BCUT2D eigenvalue weighted by molar-refractivity contribution is 8.03. The van der Waals surface area contributed by atoms with Crippen molar-refractivity contribution in [2.45, 2.75) is 63.7 Å². The fourth-order valence-corrected chi connectivity index (χ4v) is 6.76. The summed E-state index contributed by atoms with van der Waals surface area (Å²) in [6, 6.07) is 25.0. The third-order valence-corrected chi connectivity index (χ3v) is 9.46. The van der Waals surface area contributed by atoms with E-state index in [-0.39, 0.29) is 0 Å². The van der Waals surface area contributed by atoms with Gasteiger partial charge in [-0.3, -0.25) is 4.90 Å². The van der Waals surface area contributed by atoms with Gasteiger partial charge in [0.2, 0.25) is 11.9 Å². The number of fused-ring (bicyclic) bond motifs is 1. The number of rotatable bonds is 13. The number of benzene rings is 3. The molecule has 0 bridgehead atoms. The first-order valence-electron chi connectivity index (χ1n) is 16.6. The number of unbranched alkanes of at least 4 members (excludes halogenated alkanes) is 5. The van der Waals surface area contributed by atoms with E-state index in [9.17, 15) is 0 Å². The summed E-state index contributed by atoms with van der Waals surface area (Å²) >= 11 is 1.81. The van der Waals surface area contributed by atoms with Gasteiger partial charge in [-0.2, -0.15) is 15.0 Å². The van der Waals surface area contributed by atoms with E-state index >= 15 is 0 Å². The van der Waals surface area contributed by atoms with Gasteiger partial charge in [-0.25, -0.2) is 4.58 Å². The molecule has 0 saturated carbocycles. The third-order valence-electron chi connectivity index (χ3n) is 8.30. The molecule has 242 valence electrons.